The van der Waals surface area contributed by atoms with Gasteiger partial charge >= 0.3 is 0 Å². The van der Waals surface area contributed by atoms with Gasteiger partial charge in [-0.15, -0.1) is 33.7 Å². The average molecular weight is 993 g/mol. The first-order chi connectivity index (χ1) is 35.3. The summed E-state index contributed by atoms with van der Waals surface area (Å²) in [6.07, 6.45) is 1.99. The standard InChI is InChI=1S/C60H60N6O4S2/c1-5-65(6-2)43-30-28-41(35-61-63-59-53-24-13-9-20-49(53)50-21-10-14-25-54(50)59)57(32-43)69-37-45(67)39-71-47-18-17-19-48(34-47)72-40-46(68)38-70-58-33-44(66(7-3)8-4)31-29-42(58)36-62-64-60-55-26-15-11-22-51(55)52-23-12-16-27-56(52)60/h9-36,45-46,67-68H,5-8,37-40H2,1-4H3/b61-35+,62-36+. The number of aliphatic hydroxyl groups excluding tert-OH is 2. The Morgan fingerprint density at radius 1 is 0.444 bits per heavy atom. The summed E-state index contributed by atoms with van der Waals surface area (Å²) in [5.74, 6) is 2.13. The predicted molar refractivity (Wildman–Crippen MR) is 301 cm³/mol. The van der Waals surface area contributed by atoms with Crippen molar-refractivity contribution in [2.24, 2.45) is 20.4 Å². The van der Waals surface area contributed by atoms with Crippen LogP contribution < -0.4 is 19.3 Å². The molecule has 0 bridgehead atoms. The van der Waals surface area contributed by atoms with Crippen LogP contribution in [0.2, 0.25) is 0 Å². The van der Waals surface area contributed by atoms with Crippen molar-refractivity contribution in [3.63, 3.8) is 0 Å². The molecule has 2 N–H and O–H groups in total. The molecule has 9 rings (SSSR count). The fraction of sp³-hybridized carbons (Fsp3) is 0.233. The van der Waals surface area contributed by atoms with E-state index in [2.05, 4.69) is 114 Å². The molecule has 0 saturated carbocycles. The molecule has 0 fully saturated rings. The van der Waals surface area contributed by atoms with Gasteiger partial charge in [0.15, 0.2) is 0 Å². The molecule has 0 aliphatic heterocycles. The third-order valence-electron chi connectivity index (χ3n) is 12.8. The molecule has 7 aromatic rings. The monoisotopic (exact) mass is 992 g/mol. The number of benzene rings is 7. The third kappa shape index (κ3) is 11.5. The number of fused-ring (bicyclic) bond motifs is 6. The summed E-state index contributed by atoms with van der Waals surface area (Å²) in [5.41, 5.74) is 14.2. The summed E-state index contributed by atoms with van der Waals surface area (Å²) >= 11 is 3.13. The molecular formula is C60H60N6O4S2. The number of ether oxygens (including phenoxy) is 2. The maximum Gasteiger partial charge on any atom is 0.130 e. The molecule has 0 spiro atoms. The number of rotatable bonds is 22. The van der Waals surface area contributed by atoms with E-state index >= 15 is 0 Å². The van der Waals surface area contributed by atoms with Gasteiger partial charge in [-0.3, -0.25) is 0 Å². The second-order valence-electron chi connectivity index (χ2n) is 17.4. The first kappa shape index (κ1) is 50.0. The van der Waals surface area contributed by atoms with E-state index in [1.807, 2.05) is 91.0 Å². The topological polar surface area (TPSA) is 115 Å². The van der Waals surface area contributed by atoms with Crippen LogP contribution in [-0.4, -0.2) is 97.2 Å². The number of hydrogen-bond acceptors (Lipinski definition) is 12. The highest BCUT2D eigenvalue weighted by molar-refractivity contribution is 8.00. The Morgan fingerprint density at radius 2 is 0.792 bits per heavy atom. The Kier molecular flexibility index (Phi) is 16.6. The van der Waals surface area contributed by atoms with Crippen LogP contribution >= 0.6 is 23.5 Å². The van der Waals surface area contributed by atoms with Crippen LogP contribution in [0.4, 0.5) is 11.4 Å². The number of hydrogen-bond donors (Lipinski definition) is 2. The zero-order valence-electron chi connectivity index (χ0n) is 41.2. The number of anilines is 2. The quantitative estimate of drug-likeness (QED) is 0.0392. The van der Waals surface area contributed by atoms with Crippen molar-refractivity contribution in [2.75, 3.05) is 60.7 Å². The van der Waals surface area contributed by atoms with Crippen LogP contribution in [0, 0.1) is 0 Å². The number of aliphatic hydroxyl groups is 2. The van der Waals surface area contributed by atoms with E-state index in [-0.39, 0.29) is 13.2 Å². The molecule has 7 aromatic carbocycles. The highest BCUT2D eigenvalue weighted by Crippen LogP contribution is 2.38. The van der Waals surface area contributed by atoms with Gasteiger partial charge in [-0.1, -0.05) is 103 Å². The van der Waals surface area contributed by atoms with Crippen LogP contribution in [0.1, 0.15) is 61.1 Å². The minimum Gasteiger partial charge on any atom is -0.490 e. The Bertz CT molecular complexity index is 2830. The Morgan fingerprint density at radius 3 is 1.14 bits per heavy atom. The van der Waals surface area contributed by atoms with E-state index in [1.165, 1.54) is 0 Å². The Labute approximate surface area is 431 Å². The van der Waals surface area contributed by atoms with Crippen molar-refractivity contribution >= 4 is 58.8 Å². The molecule has 2 unspecified atom stereocenters. The minimum atomic E-state index is -0.738. The fourth-order valence-corrected chi connectivity index (χ4v) is 10.9. The number of nitrogens with zero attached hydrogens (tertiary/aromatic N) is 6. The average Bonchev–Trinajstić information content (AvgIpc) is 3.92. The summed E-state index contributed by atoms with van der Waals surface area (Å²) < 4.78 is 12.7. The van der Waals surface area contributed by atoms with Gasteiger partial charge in [0.25, 0.3) is 0 Å². The molecule has 72 heavy (non-hydrogen) atoms. The molecule has 2 atom stereocenters. The molecule has 366 valence electrons. The lowest BCUT2D eigenvalue weighted by Gasteiger charge is -2.22. The molecule has 0 heterocycles. The largest absolute Gasteiger partial charge is 0.490 e. The Hall–Kier alpha value is -6.96. The maximum atomic E-state index is 11.2. The van der Waals surface area contributed by atoms with E-state index in [0.29, 0.717) is 23.0 Å². The van der Waals surface area contributed by atoms with Crippen molar-refractivity contribution in [3.05, 3.63) is 191 Å². The van der Waals surface area contributed by atoms with Crippen molar-refractivity contribution in [3.8, 4) is 33.8 Å². The van der Waals surface area contributed by atoms with Crippen LogP contribution in [0.15, 0.2) is 188 Å². The van der Waals surface area contributed by atoms with Crippen molar-refractivity contribution in [1.29, 1.82) is 0 Å². The second-order valence-corrected chi connectivity index (χ2v) is 19.6. The minimum absolute atomic E-state index is 0.105. The molecule has 0 radical (unpaired) electrons. The molecule has 12 heteroatoms. The lowest BCUT2D eigenvalue weighted by atomic mass is 10.1. The van der Waals surface area contributed by atoms with Crippen molar-refractivity contribution in [2.45, 2.75) is 49.7 Å². The zero-order valence-corrected chi connectivity index (χ0v) is 42.8. The highest BCUT2D eigenvalue weighted by atomic mass is 32.2. The molecule has 10 nitrogen and oxygen atoms in total. The van der Waals surface area contributed by atoms with Gasteiger partial charge in [0, 0.05) is 104 Å². The van der Waals surface area contributed by atoms with Gasteiger partial charge in [-0.25, -0.2) is 0 Å². The van der Waals surface area contributed by atoms with Gasteiger partial charge < -0.3 is 29.5 Å². The van der Waals surface area contributed by atoms with E-state index in [1.54, 1.807) is 36.0 Å². The molecule has 0 saturated heterocycles. The van der Waals surface area contributed by atoms with Gasteiger partial charge in [-0.05, 0) is 92.4 Å². The Balaban J connectivity index is 0.807. The van der Waals surface area contributed by atoms with E-state index in [9.17, 15) is 10.2 Å². The highest BCUT2D eigenvalue weighted by Gasteiger charge is 2.25. The molecule has 0 aromatic heterocycles. The summed E-state index contributed by atoms with van der Waals surface area (Å²) in [6.45, 7) is 12.1. The van der Waals surface area contributed by atoms with Gasteiger partial charge in [0.2, 0.25) is 0 Å². The lowest BCUT2D eigenvalue weighted by molar-refractivity contribution is 0.126. The molecule has 2 aliphatic rings. The summed E-state index contributed by atoms with van der Waals surface area (Å²) in [5, 5.41) is 41.0. The SMILES string of the molecule is CCN(CC)c1ccc(/C=N/N=C2c3ccccc3-c3ccccc32)c(OCC(O)CSc2cccc(SCC(O)COc3cc(N(CC)CC)ccc3/C=N/N=C3c4ccccc4-c4ccccc43)c2)c1. The van der Waals surface area contributed by atoms with Crippen LogP contribution in [0.25, 0.3) is 22.3 Å². The maximum absolute atomic E-state index is 11.2. The first-order valence-corrected chi connectivity index (χ1v) is 26.7. The van der Waals surface area contributed by atoms with Gasteiger partial charge in [-0.2, -0.15) is 10.2 Å². The molecule has 0 amide bonds. The summed E-state index contributed by atoms with van der Waals surface area (Å²) in [6, 6.07) is 53.5. The van der Waals surface area contributed by atoms with Crippen LogP contribution in [0.5, 0.6) is 11.5 Å². The van der Waals surface area contributed by atoms with Gasteiger partial charge in [0.1, 0.15) is 36.1 Å². The first-order valence-electron chi connectivity index (χ1n) is 24.7. The molecule has 2 aliphatic carbocycles. The third-order valence-corrected chi connectivity index (χ3v) is 15.1. The fourth-order valence-electron chi connectivity index (χ4n) is 9.09. The van der Waals surface area contributed by atoms with Crippen molar-refractivity contribution in [1.82, 2.24) is 0 Å². The lowest BCUT2D eigenvalue weighted by Crippen LogP contribution is -2.23. The van der Waals surface area contributed by atoms with Crippen molar-refractivity contribution < 1.29 is 19.7 Å². The van der Waals surface area contributed by atoms with Crippen LogP contribution in [-0.2, 0) is 0 Å². The van der Waals surface area contributed by atoms with Gasteiger partial charge in [0.05, 0.1) is 24.6 Å². The van der Waals surface area contributed by atoms with E-state index in [4.69, 9.17) is 19.7 Å². The smallest absolute Gasteiger partial charge is 0.130 e. The van der Waals surface area contributed by atoms with Crippen LogP contribution in [0.3, 0.4) is 0 Å². The summed E-state index contributed by atoms with van der Waals surface area (Å²) in [4.78, 5) is 6.55. The van der Waals surface area contributed by atoms with E-state index < -0.39 is 12.2 Å². The normalized spacial score (nSPS) is 13.1. The summed E-state index contributed by atoms with van der Waals surface area (Å²) in [7, 11) is 0. The number of thioether (sulfide) groups is 2. The second kappa shape index (κ2) is 24.0. The van der Waals surface area contributed by atoms with E-state index in [0.717, 1.165) is 114 Å². The molecular weight excluding hydrogens is 933 g/mol. The zero-order chi connectivity index (χ0) is 49.8. The predicted octanol–water partition coefficient (Wildman–Crippen LogP) is 12.1.